The summed E-state index contributed by atoms with van der Waals surface area (Å²) >= 11 is 1.67. The first kappa shape index (κ1) is 18.7. The summed E-state index contributed by atoms with van der Waals surface area (Å²) in [4.78, 5) is 1.99. The molecule has 1 aliphatic rings. The number of thioether (sulfide) groups is 1. The van der Waals surface area contributed by atoms with Crippen molar-refractivity contribution < 1.29 is 9.32 Å². The molecule has 2 aromatic carbocycles. The number of rotatable bonds is 5. The molecular formula is C21H26O2S2. The second-order valence-electron chi connectivity index (χ2n) is 7.05. The summed E-state index contributed by atoms with van der Waals surface area (Å²) in [5.74, 6) is 0.596. The van der Waals surface area contributed by atoms with Gasteiger partial charge in [-0.3, -0.25) is 4.21 Å². The monoisotopic (exact) mass is 374 g/mol. The lowest BCUT2D eigenvalue weighted by molar-refractivity contribution is 0.0325. The third kappa shape index (κ3) is 4.55. The van der Waals surface area contributed by atoms with Crippen LogP contribution in [-0.4, -0.2) is 25.9 Å². The molecular weight excluding hydrogens is 348 g/mol. The van der Waals surface area contributed by atoms with Gasteiger partial charge >= 0.3 is 0 Å². The van der Waals surface area contributed by atoms with E-state index in [0.717, 1.165) is 41.0 Å². The van der Waals surface area contributed by atoms with E-state index in [2.05, 4.69) is 31.2 Å². The van der Waals surface area contributed by atoms with Crippen LogP contribution in [0.25, 0.3) is 0 Å². The minimum Gasteiger partial charge on any atom is -0.388 e. The molecule has 2 nitrogen and oxygen atoms in total. The zero-order valence-corrected chi connectivity index (χ0v) is 16.5. The standard InChI is InChI=1S/C21H26O2S2/c1-16-6-10-18(11-7-16)24-15-21(22)14-4-3-5-20(21)25(23)19-12-8-17(2)9-13-19/h6-13,20,22H,3-5,14-15H2,1-2H3/t20-,21-,25?/m0/s1. The van der Waals surface area contributed by atoms with E-state index in [0.29, 0.717) is 5.75 Å². The van der Waals surface area contributed by atoms with Gasteiger partial charge in [0.15, 0.2) is 0 Å². The molecule has 0 heterocycles. The van der Waals surface area contributed by atoms with Crippen molar-refractivity contribution in [3.05, 3.63) is 59.7 Å². The highest BCUT2D eigenvalue weighted by molar-refractivity contribution is 7.99. The lowest BCUT2D eigenvalue weighted by atomic mass is 9.86. The lowest BCUT2D eigenvalue weighted by Crippen LogP contribution is -2.49. The summed E-state index contributed by atoms with van der Waals surface area (Å²) in [5, 5.41) is 11.1. The number of hydrogen-bond donors (Lipinski definition) is 1. The van der Waals surface area contributed by atoms with E-state index in [9.17, 15) is 9.32 Å². The van der Waals surface area contributed by atoms with Crippen LogP contribution in [0.5, 0.6) is 0 Å². The van der Waals surface area contributed by atoms with Crippen LogP contribution in [0.15, 0.2) is 58.3 Å². The molecule has 3 rings (SSSR count). The van der Waals surface area contributed by atoms with Crippen molar-refractivity contribution in [2.45, 2.75) is 60.2 Å². The largest absolute Gasteiger partial charge is 0.388 e. The Kier molecular flexibility index (Phi) is 6.03. The summed E-state index contributed by atoms with van der Waals surface area (Å²) in [6, 6.07) is 16.2. The third-order valence-electron chi connectivity index (χ3n) is 4.95. The van der Waals surface area contributed by atoms with E-state index in [1.54, 1.807) is 11.8 Å². The van der Waals surface area contributed by atoms with Crippen molar-refractivity contribution in [1.82, 2.24) is 0 Å². The average Bonchev–Trinajstić information content (AvgIpc) is 2.62. The van der Waals surface area contributed by atoms with Crippen LogP contribution in [-0.2, 0) is 10.8 Å². The predicted octanol–water partition coefficient (Wildman–Crippen LogP) is 4.88. The van der Waals surface area contributed by atoms with Gasteiger partial charge in [0.25, 0.3) is 0 Å². The number of benzene rings is 2. The van der Waals surface area contributed by atoms with Crippen molar-refractivity contribution in [3.8, 4) is 0 Å². The summed E-state index contributed by atoms with van der Waals surface area (Å²) < 4.78 is 13.1. The van der Waals surface area contributed by atoms with Crippen LogP contribution in [0, 0.1) is 13.8 Å². The Hall–Kier alpha value is -1.10. The molecule has 0 saturated heterocycles. The summed E-state index contributed by atoms with van der Waals surface area (Å²) in [7, 11) is -1.17. The average molecular weight is 375 g/mol. The first-order valence-electron chi connectivity index (χ1n) is 8.87. The SMILES string of the molecule is Cc1ccc(SC[C@@]2(O)CCCC[C@@H]2S(=O)c2ccc(C)cc2)cc1. The van der Waals surface area contributed by atoms with E-state index in [4.69, 9.17) is 0 Å². The molecule has 1 fully saturated rings. The lowest BCUT2D eigenvalue weighted by Gasteiger charge is -2.39. The van der Waals surface area contributed by atoms with Gasteiger partial charge in [-0.25, -0.2) is 0 Å². The molecule has 0 aliphatic heterocycles. The zero-order chi connectivity index (χ0) is 17.9. The topological polar surface area (TPSA) is 37.3 Å². The van der Waals surface area contributed by atoms with Crippen LogP contribution in [0.1, 0.15) is 36.8 Å². The van der Waals surface area contributed by atoms with Gasteiger partial charge < -0.3 is 5.11 Å². The number of aryl methyl sites for hydroxylation is 2. The minimum absolute atomic E-state index is 0.193. The minimum atomic E-state index is -1.17. The first-order chi connectivity index (χ1) is 12.0. The maximum Gasteiger partial charge on any atom is 0.0887 e. The maximum absolute atomic E-state index is 13.1. The Bertz CT molecular complexity index is 725. The fourth-order valence-corrected chi connectivity index (χ4v) is 6.25. The molecule has 134 valence electrons. The highest BCUT2D eigenvalue weighted by Crippen LogP contribution is 2.38. The highest BCUT2D eigenvalue weighted by atomic mass is 32.2. The van der Waals surface area contributed by atoms with E-state index < -0.39 is 16.4 Å². The van der Waals surface area contributed by atoms with Crippen LogP contribution in [0.4, 0.5) is 0 Å². The molecule has 1 saturated carbocycles. The van der Waals surface area contributed by atoms with E-state index >= 15 is 0 Å². The van der Waals surface area contributed by atoms with Crippen LogP contribution < -0.4 is 0 Å². The maximum atomic E-state index is 13.1. The quantitative estimate of drug-likeness (QED) is 0.758. The van der Waals surface area contributed by atoms with Gasteiger partial charge in [-0.1, -0.05) is 48.2 Å². The second kappa shape index (κ2) is 8.07. The second-order valence-corrected chi connectivity index (χ2v) is 9.73. The summed E-state index contributed by atoms with van der Waals surface area (Å²) in [6.45, 7) is 4.10. The number of hydrogen-bond acceptors (Lipinski definition) is 3. The van der Waals surface area contributed by atoms with Gasteiger partial charge in [-0.05, 0) is 51.0 Å². The first-order valence-corrected chi connectivity index (χ1v) is 11.1. The van der Waals surface area contributed by atoms with Crippen molar-refractivity contribution in [2.24, 2.45) is 0 Å². The number of aliphatic hydroxyl groups is 1. The Balaban J connectivity index is 1.75. The van der Waals surface area contributed by atoms with Gasteiger partial charge in [-0.2, -0.15) is 0 Å². The van der Waals surface area contributed by atoms with Crippen molar-refractivity contribution in [3.63, 3.8) is 0 Å². The van der Waals surface area contributed by atoms with Gasteiger partial charge in [0, 0.05) is 15.5 Å². The fraction of sp³-hybridized carbons (Fsp3) is 0.429. The zero-order valence-electron chi connectivity index (χ0n) is 14.9. The van der Waals surface area contributed by atoms with Gasteiger partial charge in [0.1, 0.15) is 0 Å². The Morgan fingerprint density at radius 2 is 1.64 bits per heavy atom. The van der Waals surface area contributed by atoms with Gasteiger partial charge in [-0.15, -0.1) is 11.8 Å². The van der Waals surface area contributed by atoms with Gasteiger partial charge in [0.2, 0.25) is 0 Å². The molecule has 2 aromatic rings. The molecule has 3 atom stereocenters. The molecule has 0 spiro atoms. The molecule has 25 heavy (non-hydrogen) atoms. The Morgan fingerprint density at radius 1 is 1.04 bits per heavy atom. The van der Waals surface area contributed by atoms with E-state index in [-0.39, 0.29) is 5.25 Å². The van der Waals surface area contributed by atoms with Crippen molar-refractivity contribution in [2.75, 3.05) is 5.75 Å². The summed E-state index contributed by atoms with van der Waals surface area (Å²) in [5.41, 5.74) is 1.53. The molecule has 4 heteroatoms. The Morgan fingerprint density at radius 3 is 2.28 bits per heavy atom. The van der Waals surface area contributed by atoms with Crippen molar-refractivity contribution >= 4 is 22.6 Å². The fourth-order valence-electron chi connectivity index (χ4n) is 3.34. The van der Waals surface area contributed by atoms with E-state index in [1.807, 2.05) is 31.2 Å². The molecule has 0 aromatic heterocycles. The Labute approximate surface area is 157 Å². The molecule has 1 N–H and O–H groups in total. The predicted molar refractivity (Wildman–Crippen MR) is 107 cm³/mol. The van der Waals surface area contributed by atoms with Crippen LogP contribution in [0.2, 0.25) is 0 Å². The van der Waals surface area contributed by atoms with Crippen LogP contribution in [0.3, 0.4) is 0 Å². The van der Waals surface area contributed by atoms with Crippen LogP contribution >= 0.6 is 11.8 Å². The van der Waals surface area contributed by atoms with E-state index in [1.165, 1.54) is 5.56 Å². The van der Waals surface area contributed by atoms with Gasteiger partial charge in [0.05, 0.1) is 21.7 Å². The molecule has 1 aliphatic carbocycles. The van der Waals surface area contributed by atoms with Crippen molar-refractivity contribution in [1.29, 1.82) is 0 Å². The highest BCUT2D eigenvalue weighted by Gasteiger charge is 2.42. The molecule has 1 unspecified atom stereocenters. The smallest absolute Gasteiger partial charge is 0.0887 e. The summed E-state index contributed by atoms with van der Waals surface area (Å²) in [6.07, 6.45) is 3.60. The molecule has 0 radical (unpaired) electrons. The molecule has 0 amide bonds. The normalized spacial score (nSPS) is 24.8. The molecule has 0 bridgehead atoms. The third-order valence-corrected chi connectivity index (χ3v) is 8.12.